The van der Waals surface area contributed by atoms with Crippen molar-refractivity contribution >= 4 is 11.4 Å². The van der Waals surface area contributed by atoms with Crippen LogP contribution in [0.4, 0.5) is 11.4 Å². The Balaban J connectivity index is 3.26. The predicted octanol–water partition coefficient (Wildman–Crippen LogP) is 1.93. The minimum absolute atomic E-state index is 1.19. The summed E-state index contributed by atoms with van der Waals surface area (Å²) in [6, 6.07) is 7.26. The van der Waals surface area contributed by atoms with Crippen molar-refractivity contribution in [1.29, 1.82) is 0 Å². The quantitative estimate of drug-likeness (QED) is 0.681. The van der Waals surface area contributed by atoms with Gasteiger partial charge in [-0.1, -0.05) is 6.07 Å². The molecule has 0 bridgehead atoms. The van der Waals surface area contributed by atoms with Crippen molar-refractivity contribution < 1.29 is 0 Å². The highest BCUT2D eigenvalue weighted by molar-refractivity contribution is 5.73. The van der Waals surface area contributed by atoms with Gasteiger partial charge in [-0.3, -0.25) is 0 Å². The molecule has 0 aromatic heterocycles. The van der Waals surface area contributed by atoms with Gasteiger partial charge in [-0.25, -0.2) is 0 Å². The molecule has 0 heterocycles. The fraction of sp³-hybridized carbons (Fsp3) is 0.455. The molecule has 13 heavy (non-hydrogen) atoms. The van der Waals surface area contributed by atoms with Crippen LogP contribution in [0.1, 0.15) is 5.56 Å². The first-order valence-corrected chi connectivity index (χ1v) is 4.40. The molecule has 1 rings (SSSR count). The van der Waals surface area contributed by atoms with E-state index in [4.69, 9.17) is 0 Å². The molecular formula is C11H17N2. The summed E-state index contributed by atoms with van der Waals surface area (Å²) in [5.41, 5.74) is 3.67. The molecule has 1 radical (unpaired) electrons. The molecule has 1 aromatic carbocycles. The smallest absolute Gasteiger partial charge is 0.0634 e. The zero-order chi connectivity index (χ0) is 10.0. The Morgan fingerprint density at radius 2 is 1.69 bits per heavy atom. The van der Waals surface area contributed by atoms with Gasteiger partial charge >= 0.3 is 0 Å². The molecule has 0 N–H and O–H groups in total. The summed E-state index contributed by atoms with van der Waals surface area (Å²) >= 11 is 0. The Morgan fingerprint density at radius 3 is 2.08 bits per heavy atom. The zero-order valence-electron chi connectivity index (χ0n) is 9.05. The second-order valence-corrected chi connectivity index (χ2v) is 3.63. The van der Waals surface area contributed by atoms with Crippen LogP contribution in [-0.4, -0.2) is 28.2 Å². The van der Waals surface area contributed by atoms with E-state index in [9.17, 15) is 0 Å². The van der Waals surface area contributed by atoms with E-state index in [1.165, 1.54) is 16.9 Å². The molecule has 2 heteroatoms. The minimum atomic E-state index is 1.19. The van der Waals surface area contributed by atoms with E-state index in [0.717, 1.165) is 0 Å². The van der Waals surface area contributed by atoms with E-state index < -0.39 is 0 Å². The monoisotopic (exact) mass is 177 g/mol. The molecule has 0 saturated heterocycles. The molecule has 71 valence electrons. The molecule has 0 spiro atoms. The van der Waals surface area contributed by atoms with Crippen LogP contribution in [0, 0.1) is 13.0 Å². The predicted molar refractivity (Wildman–Crippen MR) is 58.7 cm³/mol. The third kappa shape index (κ3) is 1.94. The van der Waals surface area contributed by atoms with E-state index in [-0.39, 0.29) is 0 Å². The van der Waals surface area contributed by atoms with E-state index in [2.05, 4.69) is 57.0 Å². The zero-order valence-corrected chi connectivity index (χ0v) is 9.05. The van der Waals surface area contributed by atoms with Crippen molar-refractivity contribution in [1.82, 2.24) is 0 Å². The van der Waals surface area contributed by atoms with Gasteiger partial charge in [-0.2, -0.15) is 0 Å². The molecule has 0 fully saturated rings. The largest absolute Gasteiger partial charge is 0.376 e. The van der Waals surface area contributed by atoms with Crippen LogP contribution in [0.15, 0.2) is 12.1 Å². The summed E-state index contributed by atoms with van der Waals surface area (Å²) in [6.07, 6.45) is 0. The maximum absolute atomic E-state index is 3.21. The van der Waals surface area contributed by atoms with Gasteiger partial charge in [-0.05, 0) is 24.6 Å². The summed E-state index contributed by atoms with van der Waals surface area (Å²) in [6.45, 7) is 2.09. The van der Waals surface area contributed by atoms with E-state index >= 15 is 0 Å². The van der Waals surface area contributed by atoms with E-state index in [1.54, 1.807) is 0 Å². The van der Waals surface area contributed by atoms with Crippen LogP contribution in [-0.2, 0) is 0 Å². The van der Waals surface area contributed by atoms with Crippen LogP contribution in [0.25, 0.3) is 0 Å². The Morgan fingerprint density at radius 1 is 1.08 bits per heavy atom. The van der Waals surface area contributed by atoms with Crippen molar-refractivity contribution in [3.63, 3.8) is 0 Å². The second-order valence-electron chi connectivity index (χ2n) is 3.63. The van der Waals surface area contributed by atoms with Gasteiger partial charge in [0.1, 0.15) is 0 Å². The first kappa shape index (κ1) is 9.90. The van der Waals surface area contributed by atoms with E-state index in [0.29, 0.717) is 0 Å². The SMILES string of the molecule is Cc1[c]ccc(N(C)C)c1N(C)C. The Kier molecular flexibility index (Phi) is 2.81. The van der Waals surface area contributed by atoms with Gasteiger partial charge in [0.05, 0.1) is 11.4 Å². The molecule has 2 nitrogen and oxygen atoms in total. The standard InChI is InChI=1S/C11H17N2/c1-9-7-6-8-10(12(2)3)11(9)13(4)5/h6,8H,1-5H3. The van der Waals surface area contributed by atoms with Crippen molar-refractivity contribution in [2.75, 3.05) is 38.0 Å². The molecule has 0 atom stereocenters. The summed E-state index contributed by atoms with van der Waals surface area (Å²) in [5, 5.41) is 0. The van der Waals surface area contributed by atoms with Crippen molar-refractivity contribution in [3.05, 3.63) is 23.8 Å². The number of benzene rings is 1. The lowest BCUT2D eigenvalue weighted by atomic mass is 10.1. The van der Waals surface area contributed by atoms with Gasteiger partial charge in [0.25, 0.3) is 0 Å². The first-order valence-electron chi connectivity index (χ1n) is 4.40. The van der Waals surface area contributed by atoms with Crippen molar-refractivity contribution in [3.8, 4) is 0 Å². The van der Waals surface area contributed by atoms with Crippen LogP contribution in [0.2, 0.25) is 0 Å². The first-order chi connectivity index (χ1) is 6.04. The maximum Gasteiger partial charge on any atom is 0.0634 e. The highest BCUT2D eigenvalue weighted by Crippen LogP contribution is 2.29. The number of anilines is 2. The van der Waals surface area contributed by atoms with Crippen LogP contribution in [0.5, 0.6) is 0 Å². The molecular weight excluding hydrogens is 160 g/mol. The fourth-order valence-corrected chi connectivity index (χ4v) is 1.51. The normalized spacial score (nSPS) is 9.92. The van der Waals surface area contributed by atoms with Crippen molar-refractivity contribution in [2.24, 2.45) is 0 Å². The number of nitrogens with zero attached hydrogens (tertiary/aromatic N) is 2. The maximum atomic E-state index is 3.21. The molecule has 0 aliphatic heterocycles. The molecule has 0 unspecified atom stereocenters. The number of hydrogen-bond donors (Lipinski definition) is 0. The van der Waals surface area contributed by atoms with Gasteiger partial charge in [0.15, 0.2) is 0 Å². The molecule has 0 aliphatic rings. The lowest BCUT2D eigenvalue weighted by Crippen LogP contribution is -2.17. The third-order valence-corrected chi connectivity index (χ3v) is 2.07. The molecule has 0 amide bonds. The lowest BCUT2D eigenvalue weighted by Gasteiger charge is -2.24. The molecule has 0 aliphatic carbocycles. The van der Waals surface area contributed by atoms with Crippen LogP contribution >= 0.6 is 0 Å². The molecule has 1 aromatic rings. The summed E-state index contributed by atoms with van der Waals surface area (Å²) in [4.78, 5) is 4.25. The van der Waals surface area contributed by atoms with E-state index in [1.807, 2.05) is 6.07 Å². The van der Waals surface area contributed by atoms with Gasteiger partial charge in [0, 0.05) is 28.2 Å². The van der Waals surface area contributed by atoms with Gasteiger partial charge in [-0.15, -0.1) is 0 Å². The average molecular weight is 177 g/mol. The van der Waals surface area contributed by atoms with Crippen molar-refractivity contribution in [2.45, 2.75) is 6.92 Å². The summed E-state index contributed by atoms with van der Waals surface area (Å²) in [5.74, 6) is 0. The Bertz CT molecular complexity index is 290. The second kappa shape index (κ2) is 3.69. The highest BCUT2D eigenvalue weighted by Gasteiger charge is 2.08. The van der Waals surface area contributed by atoms with Crippen LogP contribution in [0.3, 0.4) is 0 Å². The topological polar surface area (TPSA) is 6.48 Å². The summed E-state index contributed by atoms with van der Waals surface area (Å²) < 4.78 is 0. The third-order valence-electron chi connectivity index (χ3n) is 2.07. The lowest BCUT2D eigenvalue weighted by molar-refractivity contribution is 1.06. The van der Waals surface area contributed by atoms with Gasteiger partial charge in [0.2, 0.25) is 0 Å². The number of rotatable bonds is 2. The Hall–Kier alpha value is -1.18. The van der Waals surface area contributed by atoms with Gasteiger partial charge < -0.3 is 9.80 Å². The Labute approximate surface area is 80.8 Å². The summed E-state index contributed by atoms with van der Waals surface area (Å²) in [7, 11) is 8.23. The number of hydrogen-bond acceptors (Lipinski definition) is 2. The fourth-order valence-electron chi connectivity index (χ4n) is 1.51. The highest BCUT2D eigenvalue weighted by atomic mass is 15.1. The minimum Gasteiger partial charge on any atom is -0.376 e. The molecule has 0 saturated carbocycles. The average Bonchev–Trinajstić information content (AvgIpc) is 2.02. The van der Waals surface area contributed by atoms with Crippen LogP contribution < -0.4 is 9.80 Å². The number of aryl methyl sites for hydroxylation is 1.